The van der Waals surface area contributed by atoms with Crippen molar-refractivity contribution in [2.24, 2.45) is 0 Å². The number of aryl methyl sites for hydroxylation is 3. The van der Waals surface area contributed by atoms with Crippen LogP contribution in [0.4, 0.5) is 0 Å². The van der Waals surface area contributed by atoms with E-state index in [1.54, 1.807) is 7.11 Å². The zero-order chi connectivity index (χ0) is 18.7. The van der Waals surface area contributed by atoms with Crippen LogP contribution in [0.2, 0.25) is 0 Å². The van der Waals surface area contributed by atoms with Crippen LogP contribution < -0.4 is 10.1 Å². The first-order valence-electron chi connectivity index (χ1n) is 8.92. The van der Waals surface area contributed by atoms with Gasteiger partial charge >= 0.3 is 0 Å². The molecule has 0 saturated heterocycles. The zero-order valence-electron chi connectivity index (χ0n) is 15.8. The van der Waals surface area contributed by atoms with Gasteiger partial charge in [-0.05, 0) is 56.9 Å². The number of para-hydroxylation sites is 1. The molecule has 4 nitrogen and oxygen atoms in total. The van der Waals surface area contributed by atoms with E-state index >= 15 is 0 Å². The molecule has 0 radical (unpaired) electrons. The fraction of sp³-hybridized carbons (Fsp3) is 0.318. The molecule has 0 saturated carbocycles. The van der Waals surface area contributed by atoms with Crippen LogP contribution >= 0.6 is 0 Å². The zero-order valence-corrected chi connectivity index (χ0v) is 15.8. The van der Waals surface area contributed by atoms with Crippen molar-refractivity contribution in [2.75, 3.05) is 7.11 Å². The summed E-state index contributed by atoms with van der Waals surface area (Å²) >= 11 is 0. The standard InChI is InChI=1S/C22H25NO3/c1-14-6-5-7-19-16(3)21(26-20(14)19)22(24)23-15(2)8-9-17-10-12-18(25-4)13-11-17/h5-7,10-13,15H,8-9H2,1-4H3,(H,23,24). The van der Waals surface area contributed by atoms with Crippen molar-refractivity contribution in [1.82, 2.24) is 5.32 Å². The Bertz CT molecular complexity index is 909. The molecule has 1 heterocycles. The third kappa shape index (κ3) is 3.74. The summed E-state index contributed by atoms with van der Waals surface area (Å²) in [6.45, 7) is 5.94. The average molecular weight is 351 g/mol. The predicted octanol–water partition coefficient (Wildman–Crippen LogP) is 4.81. The van der Waals surface area contributed by atoms with Crippen LogP contribution in [-0.2, 0) is 6.42 Å². The molecule has 4 heteroatoms. The second kappa shape index (κ2) is 7.65. The van der Waals surface area contributed by atoms with Crippen molar-refractivity contribution >= 4 is 16.9 Å². The summed E-state index contributed by atoms with van der Waals surface area (Å²) in [5.74, 6) is 1.11. The number of ether oxygens (including phenoxy) is 1. The molecule has 0 bridgehead atoms. The van der Waals surface area contributed by atoms with Gasteiger partial charge in [-0.15, -0.1) is 0 Å². The lowest BCUT2D eigenvalue weighted by Crippen LogP contribution is -2.33. The lowest BCUT2D eigenvalue weighted by atomic mass is 10.1. The van der Waals surface area contributed by atoms with Crippen LogP contribution in [0.5, 0.6) is 5.75 Å². The number of hydrogen-bond acceptors (Lipinski definition) is 3. The smallest absolute Gasteiger partial charge is 0.287 e. The highest BCUT2D eigenvalue weighted by molar-refractivity contribution is 5.99. The third-order valence-electron chi connectivity index (χ3n) is 4.77. The van der Waals surface area contributed by atoms with Gasteiger partial charge in [-0.25, -0.2) is 0 Å². The Kier molecular flexibility index (Phi) is 5.31. The van der Waals surface area contributed by atoms with Crippen molar-refractivity contribution in [1.29, 1.82) is 0 Å². The average Bonchev–Trinajstić information content (AvgIpc) is 2.99. The second-order valence-electron chi connectivity index (χ2n) is 6.77. The van der Waals surface area contributed by atoms with Crippen molar-refractivity contribution in [3.63, 3.8) is 0 Å². The molecule has 0 fully saturated rings. The van der Waals surface area contributed by atoms with E-state index in [0.29, 0.717) is 5.76 Å². The molecule has 26 heavy (non-hydrogen) atoms. The van der Waals surface area contributed by atoms with Gasteiger partial charge in [0.2, 0.25) is 0 Å². The SMILES string of the molecule is COc1ccc(CCC(C)NC(=O)c2oc3c(C)cccc3c2C)cc1. The molecule has 0 aliphatic heterocycles. The summed E-state index contributed by atoms with van der Waals surface area (Å²) in [4.78, 5) is 12.6. The van der Waals surface area contributed by atoms with Gasteiger partial charge in [0.05, 0.1) is 7.11 Å². The largest absolute Gasteiger partial charge is 0.497 e. The number of hydrogen-bond donors (Lipinski definition) is 1. The molecule has 0 aliphatic carbocycles. The molecule has 1 aromatic heterocycles. The Morgan fingerprint density at radius 1 is 1.15 bits per heavy atom. The van der Waals surface area contributed by atoms with Gasteiger partial charge in [0.15, 0.2) is 5.76 Å². The number of furan rings is 1. The van der Waals surface area contributed by atoms with Crippen LogP contribution in [0.15, 0.2) is 46.9 Å². The highest BCUT2D eigenvalue weighted by atomic mass is 16.5. The van der Waals surface area contributed by atoms with Crippen molar-refractivity contribution < 1.29 is 13.9 Å². The van der Waals surface area contributed by atoms with Gasteiger partial charge in [-0.3, -0.25) is 4.79 Å². The molecule has 3 aromatic rings. The maximum atomic E-state index is 12.6. The molecule has 1 amide bonds. The first-order chi connectivity index (χ1) is 12.5. The highest BCUT2D eigenvalue weighted by Crippen LogP contribution is 2.27. The Labute approximate surface area is 154 Å². The van der Waals surface area contributed by atoms with Gasteiger partial charge in [-0.1, -0.05) is 30.3 Å². The van der Waals surface area contributed by atoms with Crippen molar-refractivity contribution in [3.05, 3.63) is 64.9 Å². The highest BCUT2D eigenvalue weighted by Gasteiger charge is 2.19. The molecule has 2 aromatic carbocycles. The van der Waals surface area contributed by atoms with E-state index in [-0.39, 0.29) is 11.9 Å². The van der Waals surface area contributed by atoms with Crippen molar-refractivity contribution in [2.45, 2.75) is 39.7 Å². The van der Waals surface area contributed by atoms with E-state index in [9.17, 15) is 4.79 Å². The minimum atomic E-state index is -0.152. The minimum absolute atomic E-state index is 0.0540. The first kappa shape index (κ1) is 18.1. The maximum Gasteiger partial charge on any atom is 0.287 e. The molecule has 1 atom stereocenters. The molecular formula is C22H25NO3. The van der Waals surface area contributed by atoms with E-state index in [1.165, 1.54) is 5.56 Å². The normalized spacial score (nSPS) is 12.2. The fourth-order valence-corrected chi connectivity index (χ4v) is 3.14. The summed E-state index contributed by atoms with van der Waals surface area (Å²) in [5.41, 5.74) is 3.95. The van der Waals surface area contributed by atoms with Gasteiger partial charge < -0.3 is 14.5 Å². The summed E-state index contributed by atoms with van der Waals surface area (Å²) in [5, 5.41) is 4.05. The Hall–Kier alpha value is -2.75. The van der Waals surface area contributed by atoms with Gasteiger partial charge in [-0.2, -0.15) is 0 Å². The molecule has 1 N–H and O–H groups in total. The number of carbonyl (C=O) groups excluding carboxylic acids is 1. The predicted molar refractivity (Wildman–Crippen MR) is 104 cm³/mol. The summed E-state index contributed by atoms with van der Waals surface area (Å²) in [7, 11) is 1.66. The van der Waals surface area contributed by atoms with E-state index in [4.69, 9.17) is 9.15 Å². The monoisotopic (exact) mass is 351 g/mol. The van der Waals surface area contributed by atoms with E-state index < -0.39 is 0 Å². The topological polar surface area (TPSA) is 51.5 Å². The van der Waals surface area contributed by atoms with E-state index in [0.717, 1.165) is 40.7 Å². The van der Waals surface area contributed by atoms with Gasteiger partial charge in [0.1, 0.15) is 11.3 Å². The number of methoxy groups -OCH3 is 1. The second-order valence-corrected chi connectivity index (χ2v) is 6.77. The fourth-order valence-electron chi connectivity index (χ4n) is 3.14. The van der Waals surface area contributed by atoms with Crippen LogP contribution in [0.3, 0.4) is 0 Å². The number of fused-ring (bicyclic) bond motifs is 1. The molecule has 0 spiro atoms. The molecule has 136 valence electrons. The molecule has 3 rings (SSSR count). The van der Waals surface area contributed by atoms with E-state index in [2.05, 4.69) is 17.4 Å². The van der Waals surface area contributed by atoms with Crippen LogP contribution in [0.25, 0.3) is 11.0 Å². The van der Waals surface area contributed by atoms with E-state index in [1.807, 2.05) is 51.1 Å². The Balaban J connectivity index is 1.63. The first-order valence-corrected chi connectivity index (χ1v) is 8.92. The number of rotatable bonds is 6. The maximum absolute atomic E-state index is 12.6. The molecule has 0 aliphatic rings. The van der Waals surface area contributed by atoms with Crippen molar-refractivity contribution in [3.8, 4) is 5.75 Å². The van der Waals surface area contributed by atoms with Crippen LogP contribution in [0, 0.1) is 13.8 Å². The number of nitrogens with one attached hydrogen (secondary N) is 1. The summed E-state index contributed by atoms with van der Waals surface area (Å²) < 4.78 is 11.0. The Morgan fingerprint density at radius 2 is 1.88 bits per heavy atom. The summed E-state index contributed by atoms with van der Waals surface area (Å²) in [6.07, 6.45) is 1.75. The number of amides is 1. The lowest BCUT2D eigenvalue weighted by molar-refractivity contribution is 0.0911. The van der Waals surface area contributed by atoms with Crippen LogP contribution in [0.1, 0.15) is 40.6 Å². The quantitative estimate of drug-likeness (QED) is 0.693. The summed E-state index contributed by atoms with van der Waals surface area (Å²) in [6, 6.07) is 14.0. The third-order valence-corrected chi connectivity index (χ3v) is 4.77. The molecule has 1 unspecified atom stereocenters. The number of benzene rings is 2. The van der Waals surface area contributed by atoms with Gasteiger partial charge in [0.25, 0.3) is 5.91 Å². The lowest BCUT2D eigenvalue weighted by Gasteiger charge is -2.13. The van der Waals surface area contributed by atoms with Gasteiger partial charge in [0, 0.05) is 17.0 Å². The Morgan fingerprint density at radius 3 is 2.54 bits per heavy atom. The molecular weight excluding hydrogens is 326 g/mol. The minimum Gasteiger partial charge on any atom is -0.497 e. The van der Waals surface area contributed by atoms with Crippen LogP contribution in [-0.4, -0.2) is 19.1 Å². The number of carbonyl (C=O) groups is 1.